The van der Waals surface area contributed by atoms with Gasteiger partial charge in [-0.2, -0.15) is 10.2 Å². The molecule has 5 nitrogen and oxygen atoms in total. The van der Waals surface area contributed by atoms with E-state index in [1.807, 2.05) is 24.1 Å². The van der Waals surface area contributed by atoms with E-state index in [2.05, 4.69) is 46.2 Å². The summed E-state index contributed by atoms with van der Waals surface area (Å²) >= 11 is 0. The van der Waals surface area contributed by atoms with Crippen molar-refractivity contribution in [2.75, 3.05) is 6.54 Å². The first kappa shape index (κ1) is 12.8. The molecule has 2 aromatic heterocycles. The first-order chi connectivity index (χ1) is 8.76. The molecule has 2 rings (SSSR count). The Hall–Kier alpha value is -1.62. The summed E-state index contributed by atoms with van der Waals surface area (Å²) in [5.41, 5.74) is 2.22. The monoisotopic (exact) mass is 247 g/mol. The van der Waals surface area contributed by atoms with E-state index in [0.717, 1.165) is 25.2 Å². The number of hydrogen-bond donors (Lipinski definition) is 1. The van der Waals surface area contributed by atoms with Gasteiger partial charge in [0.2, 0.25) is 0 Å². The average Bonchev–Trinajstić information content (AvgIpc) is 2.96. The summed E-state index contributed by atoms with van der Waals surface area (Å²) < 4.78 is 3.89. The third-order valence-electron chi connectivity index (χ3n) is 2.92. The molecule has 1 atom stereocenters. The van der Waals surface area contributed by atoms with Crippen molar-refractivity contribution in [3.05, 3.63) is 35.9 Å². The lowest BCUT2D eigenvalue weighted by atomic mass is 10.1. The zero-order valence-electron chi connectivity index (χ0n) is 11.3. The van der Waals surface area contributed by atoms with Crippen LogP contribution in [0.2, 0.25) is 0 Å². The van der Waals surface area contributed by atoms with Crippen LogP contribution < -0.4 is 5.32 Å². The molecule has 0 saturated heterocycles. The lowest BCUT2D eigenvalue weighted by Gasteiger charge is -2.17. The van der Waals surface area contributed by atoms with Gasteiger partial charge in [-0.25, -0.2) is 0 Å². The van der Waals surface area contributed by atoms with Gasteiger partial charge in [-0.05, 0) is 25.1 Å². The highest BCUT2D eigenvalue weighted by atomic mass is 15.3. The molecule has 98 valence electrons. The molecule has 0 spiro atoms. The molecule has 0 amide bonds. The predicted octanol–water partition coefficient (Wildman–Crippen LogP) is 1.73. The summed E-state index contributed by atoms with van der Waals surface area (Å²) in [6.07, 6.45) is 4.91. The van der Waals surface area contributed by atoms with E-state index in [-0.39, 0.29) is 6.04 Å². The van der Waals surface area contributed by atoms with Crippen molar-refractivity contribution in [3.8, 4) is 0 Å². The molecule has 2 heterocycles. The van der Waals surface area contributed by atoms with Crippen molar-refractivity contribution >= 4 is 0 Å². The molecule has 1 unspecified atom stereocenters. The summed E-state index contributed by atoms with van der Waals surface area (Å²) in [5.74, 6) is 0. The number of nitrogens with one attached hydrogen (secondary N) is 1. The molecule has 18 heavy (non-hydrogen) atoms. The fourth-order valence-electron chi connectivity index (χ4n) is 2.14. The van der Waals surface area contributed by atoms with E-state index >= 15 is 0 Å². The van der Waals surface area contributed by atoms with Crippen molar-refractivity contribution in [2.24, 2.45) is 7.05 Å². The Bertz CT molecular complexity index is 485. The second kappa shape index (κ2) is 5.82. The van der Waals surface area contributed by atoms with E-state index in [1.165, 1.54) is 5.69 Å². The minimum absolute atomic E-state index is 0.116. The molecule has 0 radical (unpaired) electrons. The van der Waals surface area contributed by atoms with Crippen LogP contribution in [-0.2, 0) is 13.6 Å². The van der Waals surface area contributed by atoms with Crippen LogP contribution in [0.1, 0.15) is 37.7 Å². The number of nitrogens with zero attached hydrogens (tertiary/aromatic N) is 4. The summed E-state index contributed by atoms with van der Waals surface area (Å²) in [6, 6.07) is 4.24. The summed E-state index contributed by atoms with van der Waals surface area (Å²) in [4.78, 5) is 0. The smallest absolute Gasteiger partial charge is 0.0940 e. The molecule has 0 aliphatic heterocycles. The molecule has 0 saturated carbocycles. The standard InChI is InChI=1S/C13H21N5/c1-4-9-18-12(6-8-15-18)13(14-5-2)11-7-10-17(3)16-11/h6-8,10,13-14H,4-5,9H2,1-3H3. The minimum atomic E-state index is 0.116. The van der Waals surface area contributed by atoms with Crippen LogP contribution in [0.25, 0.3) is 0 Å². The molecule has 2 aromatic rings. The molecule has 0 fully saturated rings. The van der Waals surface area contributed by atoms with Crippen LogP contribution in [0.3, 0.4) is 0 Å². The van der Waals surface area contributed by atoms with Crippen molar-refractivity contribution in [2.45, 2.75) is 32.9 Å². The predicted molar refractivity (Wildman–Crippen MR) is 71.2 cm³/mol. The van der Waals surface area contributed by atoms with E-state index < -0.39 is 0 Å². The third kappa shape index (κ3) is 2.61. The van der Waals surface area contributed by atoms with Crippen LogP contribution >= 0.6 is 0 Å². The molecule has 0 aliphatic rings. The zero-order chi connectivity index (χ0) is 13.0. The van der Waals surface area contributed by atoms with Crippen molar-refractivity contribution in [1.29, 1.82) is 0 Å². The lowest BCUT2D eigenvalue weighted by molar-refractivity contribution is 0.510. The molecule has 0 aromatic carbocycles. The van der Waals surface area contributed by atoms with Crippen molar-refractivity contribution in [1.82, 2.24) is 24.9 Å². The summed E-state index contributed by atoms with van der Waals surface area (Å²) in [5, 5.41) is 12.4. The molecule has 5 heteroatoms. The number of hydrogen-bond acceptors (Lipinski definition) is 3. The van der Waals surface area contributed by atoms with Gasteiger partial charge in [-0.3, -0.25) is 9.36 Å². The largest absolute Gasteiger partial charge is 0.304 e. The van der Waals surface area contributed by atoms with Crippen LogP contribution in [0.4, 0.5) is 0 Å². The highest BCUT2D eigenvalue weighted by molar-refractivity contribution is 5.20. The molecule has 0 bridgehead atoms. The van der Waals surface area contributed by atoms with Gasteiger partial charge in [0.1, 0.15) is 0 Å². The van der Waals surface area contributed by atoms with Gasteiger partial charge < -0.3 is 5.32 Å². The highest BCUT2D eigenvalue weighted by Crippen LogP contribution is 2.20. The molecular weight excluding hydrogens is 226 g/mol. The Morgan fingerprint density at radius 3 is 2.78 bits per heavy atom. The number of rotatable bonds is 6. The number of aryl methyl sites for hydroxylation is 2. The first-order valence-electron chi connectivity index (χ1n) is 6.50. The maximum Gasteiger partial charge on any atom is 0.0940 e. The lowest BCUT2D eigenvalue weighted by Crippen LogP contribution is -2.25. The topological polar surface area (TPSA) is 47.7 Å². The van der Waals surface area contributed by atoms with Crippen LogP contribution in [0, 0.1) is 0 Å². The fraction of sp³-hybridized carbons (Fsp3) is 0.538. The Labute approximate surface area is 108 Å². The van der Waals surface area contributed by atoms with Gasteiger partial charge in [0.05, 0.1) is 17.4 Å². The van der Waals surface area contributed by atoms with Crippen LogP contribution in [0.15, 0.2) is 24.5 Å². The highest BCUT2D eigenvalue weighted by Gasteiger charge is 2.19. The normalized spacial score (nSPS) is 12.8. The second-order valence-corrected chi connectivity index (χ2v) is 4.38. The van der Waals surface area contributed by atoms with E-state index in [0.29, 0.717) is 0 Å². The Balaban J connectivity index is 2.31. The van der Waals surface area contributed by atoms with Gasteiger partial charge in [-0.1, -0.05) is 13.8 Å². The van der Waals surface area contributed by atoms with Crippen molar-refractivity contribution in [3.63, 3.8) is 0 Å². The van der Waals surface area contributed by atoms with E-state index in [9.17, 15) is 0 Å². The third-order valence-corrected chi connectivity index (χ3v) is 2.92. The summed E-state index contributed by atoms with van der Waals surface area (Å²) in [6.45, 7) is 6.11. The van der Waals surface area contributed by atoms with Crippen LogP contribution in [0.5, 0.6) is 0 Å². The maximum absolute atomic E-state index is 4.50. The van der Waals surface area contributed by atoms with E-state index in [4.69, 9.17) is 0 Å². The molecular formula is C13H21N5. The molecule has 1 N–H and O–H groups in total. The zero-order valence-corrected chi connectivity index (χ0v) is 11.3. The van der Waals surface area contributed by atoms with Gasteiger partial charge in [0.25, 0.3) is 0 Å². The van der Waals surface area contributed by atoms with Crippen LogP contribution in [-0.4, -0.2) is 26.1 Å². The maximum atomic E-state index is 4.50. The quantitative estimate of drug-likeness (QED) is 0.845. The Morgan fingerprint density at radius 1 is 1.33 bits per heavy atom. The molecule has 0 aliphatic carbocycles. The second-order valence-electron chi connectivity index (χ2n) is 4.38. The summed E-state index contributed by atoms with van der Waals surface area (Å²) in [7, 11) is 1.94. The first-order valence-corrected chi connectivity index (χ1v) is 6.50. The Kier molecular flexibility index (Phi) is 4.15. The van der Waals surface area contributed by atoms with Gasteiger partial charge in [0.15, 0.2) is 0 Å². The minimum Gasteiger partial charge on any atom is -0.304 e. The number of aromatic nitrogens is 4. The fourth-order valence-corrected chi connectivity index (χ4v) is 2.14. The van der Waals surface area contributed by atoms with Gasteiger partial charge >= 0.3 is 0 Å². The van der Waals surface area contributed by atoms with Crippen molar-refractivity contribution < 1.29 is 0 Å². The van der Waals surface area contributed by atoms with Gasteiger partial charge in [-0.15, -0.1) is 0 Å². The van der Waals surface area contributed by atoms with E-state index in [1.54, 1.807) is 0 Å². The SMILES string of the molecule is CCCn1nccc1C(NCC)c1ccn(C)n1. The van der Waals surface area contributed by atoms with Gasteiger partial charge in [0, 0.05) is 26.0 Å². The average molecular weight is 247 g/mol. The Morgan fingerprint density at radius 2 is 2.17 bits per heavy atom.